The quantitative estimate of drug-likeness (QED) is 0.793. The van der Waals surface area contributed by atoms with E-state index in [9.17, 15) is 9.18 Å². The first-order valence-electron chi connectivity index (χ1n) is 7.72. The van der Waals surface area contributed by atoms with Crippen molar-refractivity contribution in [2.24, 2.45) is 0 Å². The number of carbonyl (C=O) groups excluding carboxylic acids is 1. The van der Waals surface area contributed by atoms with E-state index < -0.39 is 0 Å². The second kappa shape index (κ2) is 6.66. The zero-order chi connectivity index (χ0) is 17.1. The van der Waals surface area contributed by atoms with Crippen molar-refractivity contribution in [1.29, 1.82) is 0 Å². The molecular weight excluding hydrogens is 305 g/mol. The monoisotopic (exact) mass is 323 g/mol. The fourth-order valence-corrected chi connectivity index (χ4v) is 2.42. The van der Waals surface area contributed by atoms with Crippen molar-refractivity contribution < 1.29 is 9.18 Å². The van der Waals surface area contributed by atoms with Crippen molar-refractivity contribution in [2.75, 3.05) is 0 Å². The lowest BCUT2D eigenvalue weighted by atomic mass is 10.1. The maximum absolute atomic E-state index is 13.3. The fraction of sp³-hybridized carbons (Fsp3) is 0.158. The highest BCUT2D eigenvalue weighted by Gasteiger charge is 2.14. The molecule has 0 aliphatic rings. The maximum atomic E-state index is 13.3. The highest BCUT2D eigenvalue weighted by molar-refractivity contribution is 5.92. The van der Waals surface area contributed by atoms with Crippen LogP contribution in [0.2, 0.25) is 0 Å². The van der Waals surface area contributed by atoms with E-state index in [1.807, 2.05) is 38.1 Å². The number of halogens is 1. The van der Waals surface area contributed by atoms with E-state index in [1.165, 1.54) is 22.4 Å². The van der Waals surface area contributed by atoms with Gasteiger partial charge in [0.15, 0.2) is 5.69 Å². The van der Waals surface area contributed by atoms with Crippen molar-refractivity contribution in [3.8, 4) is 5.69 Å². The molecule has 0 saturated heterocycles. The highest BCUT2D eigenvalue weighted by atomic mass is 19.1. The van der Waals surface area contributed by atoms with Gasteiger partial charge >= 0.3 is 0 Å². The summed E-state index contributed by atoms with van der Waals surface area (Å²) in [6.45, 7) is 3.94. The molecule has 1 heterocycles. The van der Waals surface area contributed by atoms with Gasteiger partial charge in [-0.25, -0.2) is 9.07 Å². The second-order valence-corrected chi connectivity index (χ2v) is 5.73. The number of nitrogens with zero attached hydrogens (tertiary/aromatic N) is 2. The predicted molar refractivity (Wildman–Crippen MR) is 90.6 cm³/mol. The van der Waals surface area contributed by atoms with Gasteiger partial charge in [0, 0.05) is 6.20 Å². The molecule has 122 valence electrons. The topological polar surface area (TPSA) is 46.9 Å². The lowest BCUT2D eigenvalue weighted by Gasteiger charge is -2.13. The molecule has 1 aromatic heterocycles. The van der Waals surface area contributed by atoms with Crippen molar-refractivity contribution in [1.82, 2.24) is 15.1 Å². The van der Waals surface area contributed by atoms with Crippen LogP contribution in [-0.2, 0) is 0 Å². The Balaban J connectivity index is 1.73. The number of nitrogens with one attached hydrogen (secondary N) is 1. The molecule has 1 atom stereocenters. The first kappa shape index (κ1) is 15.9. The Hall–Kier alpha value is -2.95. The molecule has 4 nitrogen and oxygen atoms in total. The summed E-state index contributed by atoms with van der Waals surface area (Å²) in [6, 6.07) is 15.6. The SMILES string of the molecule is Cc1ccc(C(C)NC(=O)c2ccn(-c3cccc(F)c3)n2)cc1. The molecule has 0 fully saturated rings. The lowest BCUT2D eigenvalue weighted by molar-refractivity contribution is 0.0934. The third-order valence-electron chi connectivity index (χ3n) is 3.82. The van der Waals surface area contributed by atoms with E-state index >= 15 is 0 Å². The van der Waals surface area contributed by atoms with Crippen LogP contribution in [0.5, 0.6) is 0 Å². The zero-order valence-electron chi connectivity index (χ0n) is 13.5. The van der Waals surface area contributed by atoms with Crippen LogP contribution >= 0.6 is 0 Å². The summed E-state index contributed by atoms with van der Waals surface area (Å²) < 4.78 is 14.8. The Morgan fingerprint density at radius 2 is 1.92 bits per heavy atom. The lowest BCUT2D eigenvalue weighted by Crippen LogP contribution is -2.27. The Morgan fingerprint density at radius 3 is 2.62 bits per heavy atom. The molecule has 1 N–H and O–H groups in total. The van der Waals surface area contributed by atoms with Gasteiger partial charge in [-0.1, -0.05) is 35.9 Å². The van der Waals surface area contributed by atoms with Gasteiger partial charge in [0.2, 0.25) is 0 Å². The van der Waals surface area contributed by atoms with Crippen LogP contribution in [0.4, 0.5) is 4.39 Å². The van der Waals surface area contributed by atoms with Gasteiger partial charge in [-0.3, -0.25) is 4.79 Å². The molecule has 24 heavy (non-hydrogen) atoms. The van der Waals surface area contributed by atoms with Crippen LogP contribution in [0, 0.1) is 12.7 Å². The molecule has 1 amide bonds. The molecule has 2 aromatic carbocycles. The Labute approximate surface area is 139 Å². The smallest absolute Gasteiger partial charge is 0.272 e. The average molecular weight is 323 g/mol. The summed E-state index contributed by atoms with van der Waals surface area (Å²) in [4.78, 5) is 12.3. The number of carbonyl (C=O) groups is 1. The maximum Gasteiger partial charge on any atom is 0.272 e. The first-order valence-corrected chi connectivity index (χ1v) is 7.72. The van der Waals surface area contributed by atoms with Gasteiger partial charge in [-0.2, -0.15) is 5.10 Å². The van der Waals surface area contributed by atoms with Gasteiger partial charge in [-0.15, -0.1) is 0 Å². The van der Waals surface area contributed by atoms with Gasteiger partial charge in [0.05, 0.1) is 11.7 Å². The number of rotatable bonds is 4. The minimum absolute atomic E-state index is 0.127. The van der Waals surface area contributed by atoms with Crippen molar-refractivity contribution in [3.63, 3.8) is 0 Å². The molecule has 0 bridgehead atoms. The molecule has 0 aliphatic heterocycles. The van der Waals surface area contributed by atoms with E-state index in [1.54, 1.807) is 24.4 Å². The van der Waals surface area contributed by atoms with E-state index in [-0.39, 0.29) is 17.8 Å². The van der Waals surface area contributed by atoms with Crippen LogP contribution < -0.4 is 5.32 Å². The highest BCUT2D eigenvalue weighted by Crippen LogP contribution is 2.14. The third-order valence-corrected chi connectivity index (χ3v) is 3.82. The minimum atomic E-state index is -0.345. The molecule has 5 heteroatoms. The summed E-state index contributed by atoms with van der Waals surface area (Å²) >= 11 is 0. The van der Waals surface area contributed by atoms with Crippen LogP contribution in [0.3, 0.4) is 0 Å². The Bertz CT molecular complexity index is 855. The van der Waals surface area contributed by atoms with Crippen LogP contribution in [0.25, 0.3) is 5.69 Å². The number of benzene rings is 2. The van der Waals surface area contributed by atoms with E-state index in [4.69, 9.17) is 0 Å². The number of aromatic nitrogens is 2. The van der Waals surface area contributed by atoms with Crippen molar-refractivity contribution in [2.45, 2.75) is 19.9 Å². The van der Waals surface area contributed by atoms with Gasteiger partial charge in [0.1, 0.15) is 5.82 Å². The predicted octanol–water partition coefficient (Wildman–Crippen LogP) is 3.81. The zero-order valence-corrected chi connectivity index (χ0v) is 13.5. The Kier molecular flexibility index (Phi) is 4.42. The molecule has 0 aliphatic carbocycles. The largest absolute Gasteiger partial charge is 0.344 e. The first-order chi connectivity index (χ1) is 11.5. The Morgan fingerprint density at radius 1 is 1.17 bits per heavy atom. The molecular formula is C19H18FN3O. The minimum Gasteiger partial charge on any atom is -0.344 e. The summed E-state index contributed by atoms with van der Waals surface area (Å²) in [5.74, 6) is -0.611. The molecule has 3 aromatic rings. The summed E-state index contributed by atoms with van der Waals surface area (Å²) in [5.41, 5.74) is 3.06. The molecule has 0 radical (unpaired) electrons. The number of hydrogen-bond acceptors (Lipinski definition) is 2. The summed E-state index contributed by atoms with van der Waals surface area (Å²) in [6.07, 6.45) is 1.64. The molecule has 0 spiro atoms. The summed E-state index contributed by atoms with van der Waals surface area (Å²) in [7, 11) is 0. The number of amides is 1. The molecule has 1 unspecified atom stereocenters. The van der Waals surface area contributed by atoms with Gasteiger partial charge < -0.3 is 5.32 Å². The van der Waals surface area contributed by atoms with Gasteiger partial charge in [0.25, 0.3) is 5.91 Å². The second-order valence-electron chi connectivity index (χ2n) is 5.73. The molecule has 0 saturated carbocycles. The van der Waals surface area contributed by atoms with E-state index in [2.05, 4.69) is 10.4 Å². The average Bonchev–Trinajstić information content (AvgIpc) is 3.05. The van der Waals surface area contributed by atoms with Crippen LogP contribution in [0.15, 0.2) is 60.8 Å². The third kappa shape index (κ3) is 3.51. The van der Waals surface area contributed by atoms with Crippen LogP contribution in [-0.4, -0.2) is 15.7 Å². The normalized spacial score (nSPS) is 12.0. The fourth-order valence-electron chi connectivity index (χ4n) is 2.42. The van der Waals surface area contributed by atoms with Crippen molar-refractivity contribution >= 4 is 5.91 Å². The summed E-state index contributed by atoms with van der Waals surface area (Å²) in [5, 5.41) is 7.14. The standard InChI is InChI=1S/C19H18FN3O/c1-13-6-8-15(9-7-13)14(2)21-19(24)18-10-11-23(22-18)17-5-3-4-16(20)12-17/h3-12,14H,1-2H3,(H,21,24). The number of aryl methyl sites for hydroxylation is 1. The van der Waals surface area contributed by atoms with Gasteiger partial charge in [-0.05, 0) is 43.7 Å². The molecule has 3 rings (SSSR count). The van der Waals surface area contributed by atoms with E-state index in [0.717, 1.165) is 5.56 Å². The number of hydrogen-bond donors (Lipinski definition) is 1. The van der Waals surface area contributed by atoms with Crippen molar-refractivity contribution in [3.05, 3.63) is 83.4 Å². The van der Waals surface area contributed by atoms with E-state index in [0.29, 0.717) is 11.4 Å². The van der Waals surface area contributed by atoms with Crippen LogP contribution in [0.1, 0.15) is 34.6 Å².